The molecule has 1 heterocycles. The fourth-order valence-electron chi connectivity index (χ4n) is 1.94. The van der Waals surface area contributed by atoms with Crippen LogP contribution >= 0.6 is 11.6 Å². The second-order valence-electron chi connectivity index (χ2n) is 4.39. The van der Waals surface area contributed by atoms with Crippen LogP contribution in [0.15, 0.2) is 53.3 Å². The van der Waals surface area contributed by atoms with Crippen molar-refractivity contribution in [2.45, 2.75) is 6.54 Å². The molecule has 0 fully saturated rings. The number of anilines is 1. The zero-order valence-corrected chi connectivity index (χ0v) is 11.3. The fourth-order valence-corrected chi connectivity index (χ4v) is 2.07. The van der Waals surface area contributed by atoms with E-state index in [0.717, 1.165) is 16.7 Å². The molecule has 0 aliphatic heterocycles. The van der Waals surface area contributed by atoms with Crippen LogP contribution in [-0.2, 0) is 6.54 Å². The van der Waals surface area contributed by atoms with Gasteiger partial charge < -0.3 is 10.3 Å². The van der Waals surface area contributed by atoms with Crippen LogP contribution in [0.25, 0.3) is 11.0 Å². The van der Waals surface area contributed by atoms with Crippen LogP contribution in [0.4, 0.5) is 5.69 Å². The van der Waals surface area contributed by atoms with E-state index in [-0.39, 0.29) is 5.56 Å². The molecule has 2 N–H and O–H groups in total. The van der Waals surface area contributed by atoms with Gasteiger partial charge in [-0.3, -0.25) is 4.79 Å². The molecular weight excluding hydrogens is 274 g/mol. The average molecular weight is 286 g/mol. The summed E-state index contributed by atoms with van der Waals surface area (Å²) >= 11 is 5.82. The molecule has 5 heteroatoms. The van der Waals surface area contributed by atoms with Gasteiger partial charge in [0.15, 0.2) is 0 Å². The Kier molecular flexibility index (Phi) is 3.39. The van der Waals surface area contributed by atoms with E-state index >= 15 is 0 Å². The van der Waals surface area contributed by atoms with Crippen molar-refractivity contribution in [3.63, 3.8) is 0 Å². The van der Waals surface area contributed by atoms with Crippen molar-refractivity contribution >= 4 is 28.3 Å². The highest BCUT2D eigenvalue weighted by Crippen LogP contribution is 2.14. The lowest BCUT2D eigenvalue weighted by Crippen LogP contribution is -2.18. The Morgan fingerprint density at radius 2 is 1.85 bits per heavy atom. The average Bonchev–Trinajstić information content (AvgIpc) is 2.47. The van der Waals surface area contributed by atoms with Crippen molar-refractivity contribution in [1.82, 2.24) is 9.97 Å². The summed E-state index contributed by atoms with van der Waals surface area (Å²) < 4.78 is 0. The fraction of sp³-hybridized carbons (Fsp3) is 0.0667. The Hall–Kier alpha value is -2.33. The van der Waals surface area contributed by atoms with Gasteiger partial charge in [-0.15, -0.1) is 0 Å². The third-order valence-electron chi connectivity index (χ3n) is 2.97. The van der Waals surface area contributed by atoms with Crippen molar-refractivity contribution in [3.05, 3.63) is 69.6 Å². The van der Waals surface area contributed by atoms with Crippen molar-refractivity contribution in [3.8, 4) is 0 Å². The van der Waals surface area contributed by atoms with Gasteiger partial charge in [-0.1, -0.05) is 23.7 Å². The molecule has 0 saturated carbocycles. The first-order valence-corrected chi connectivity index (χ1v) is 6.57. The van der Waals surface area contributed by atoms with E-state index in [4.69, 9.17) is 11.6 Å². The van der Waals surface area contributed by atoms with Crippen molar-refractivity contribution in [2.24, 2.45) is 0 Å². The number of rotatable bonds is 3. The first kappa shape index (κ1) is 12.7. The number of benzene rings is 2. The predicted octanol–water partition coefficient (Wildman–Crippen LogP) is 3.19. The number of hydrogen-bond donors (Lipinski definition) is 2. The summed E-state index contributed by atoms with van der Waals surface area (Å²) in [6.07, 6.45) is 0. The second kappa shape index (κ2) is 5.35. The molecule has 2 aromatic carbocycles. The summed E-state index contributed by atoms with van der Waals surface area (Å²) in [5.41, 5.74) is 2.69. The van der Waals surface area contributed by atoms with Gasteiger partial charge in [0.25, 0.3) is 5.56 Å². The number of para-hydroxylation sites is 2. The Bertz CT molecular complexity index is 796. The van der Waals surface area contributed by atoms with Gasteiger partial charge in [-0.05, 0) is 36.4 Å². The molecule has 0 amide bonds. The molecule has 0 unspecified atom stereocenters. The number of aromatic amines is 1. The van der Waals surface area contributed by atoms with Crippen LogP contribution < -0.4 is 10.9 Å². The molecule has 1 aromatic heterocycles. The van der Waals surface area contributed by atoms with Crippen molar-refractivity contribution in [1.29, 1.82) is 0 Å². The summed E-state index contributed by atoms with van der Waals surface area (Å²) in [7, 11) is 0. The zero-order valence-electron chi connectivity index (χ0n) is 10.6. The molecule has 4 nitrogen and oxygen atoms in total. The first-order valence-electron chi connectivity index (χ1n) is 6.20. The molecule has 100 valence electrons. The van der Waals surface area contributed by atoms with Gasteiger partial charge in [-0.2, -0.15) is 0 Å². The molecule has 0 bridgehead atoms. The van der Waals surface area contributed by atoms with Gasteiger partial charge in [-0.25, -0.2) is 4.98 Å². The second-order valence-corrected chi connectivity index (χ2v) is 4.83. The van der Waals surface area contributed by atoms with Crippen molar-refractivity contribution in [2.75, 3.05) is 5.32 Å². The number of nitrogens with one attached hydrogen (secondary N) is 2. The van der Waals surface area contributed by atoms with Crippen LogP contribution in [0.5, 0.6) is 0 Å². The van der Waals surface area contributed by atoms with Gasteiger partial charge in [0.05, 0.1) is 17.6 Å². The Morgan fingerprint density at radius 3 is 2.65 bits per heavy atom. The number of fused-ring (bicyclic) bond motifs is 1. The standard InChI is InChI=1S/C15H12ClN3O/c16-10-5-7-11(8-6-10)17-9-14-15(20)19-13-4-2-1-3-12(13)18-14/h1-8,17H,9H2,(H,19,20). The predicted molar refractivity (Wildman–Crippen MR) is 81.1 cm³/mol. The molecular formula is C15H12ClN3O. The number of H-pyrrole nitrogens is 1. The highest BCUT2D eigenvalue weighted by atomic mass is 35.5. The van der Waals surface area contributed by atoms with E-state index in [9.17, 15) is 4.79 Å². The van der Waals surface area contributed by atoms with E-state index in [1.54, 1.807) is 12.1 Å². The number of nitrogens with zero attached hydrogens (tertiary/aromatic N) is 1. The van der Waals surface area contributed by atoms with E-state index in [1.165, 1.54) is 0 Å². The number of halogens is 1. The van der Waals surface area contributed by atoms with Crippen molar-refractivity contribution < 1.29 is 0 Å². The van der Waals surface area contributed by atoms with Gasteiger partial charge in [0.2, 0.25) is 0 Å². The molecule has 0 saturated heterocycles. The number of aromatic nitrogens is 2. The van der Waals surface area contributed by atoms with E-state index < -0.39 is 0 Å². The van der Waals surface area contributed by atoms with E-state index in [0.29, 0.717) is 17.3 Å². The molecule has 0 aliphatic carbocycles. The summed E-state index contributed by atoms with van der Waals surface area (Å²) in [5, 5.41) is 3.83. The Morgan fingerprint density at radius 1 is 1.10 bits per heavy atom. The molecule has 3 rings (SSSR count). The summed E-state index contributed by atoms with van der Waals surface area (Å²) in [6, 6.07) is 14.8. The lowest BCUT2D eigenvalue weighted by Gasteiger charge is -2.06. The maximum atomic E-state index is 11.9. The molecule has 3 aromatic rings. The van der Waals surface area contributed by atoms with E-state index in [2.05, 4.69) is 15.3 Å². The molecule has 20 heavy (non-hydrogen) atoms. The van der Waals surface area contributed by atoms with Crippen LogP contribution in [0.3, 0.4) is 0 Å². The molecule has 0 radical (unpaired) electrons. The largest absolute Gasteiger partial charge is 0.379 e. The van der Waals surface area contributed by atoms with Gasteiger partial charge in [0, 0.05) is 10.7 Å². The van der Waals surface area contributed by atoms with E-state index in [1.807, 2.05) is 36.4 Å². The normalized spacial score (nSPS) is 10.7. The van der Waals surface area contributed by atoms with Crippen LogP contribution in [0, 0.1) is 0 Å². The SMILES string of the molecule is O=c1[nH]c2ccccc2nc1CNc1ccc(Cl)cc1. The first-order chi connectivity index (χ1) is 9.72. The highest BCUT2D eigenvalue weighted by Gasteiger charge is 2.04. The minimum atomic E-state index is -0.176. The van der Waals surface area contributed by atoms with Crippen LogP contribution in [0.1, 0.15) is 5.69 Å². The molecule has 0 aliphatic rings. The zero-order chi connectivity index (χ0) is 13.9. The third kappa shape index (κ3) is 2.65. The summed E-state index contributed by atoms with van der Waals surface area (Å²) in [5.74, 6) is 0. The topological polar surface area (TPSA) is 57.8 Å². The maximum Gasteiger partial charge on any atom is 0.271 e. The number of hydrogen-bond acceptors (Lipinski definition) is 3. The third-order valence-corrected chi connectivity index (χ3v) is 3.23. The lowest BCUT2D eigenvalue weighted by atomic mass is 10.3. The summed E-state index contributed by atoms with van der Waals surface area (Å²) in [6.45, 7) is 0.363. The Labute approximate surface area is 120 Å². The highest BCUT2D eigenvalue weighted by molar-refractivity contribution is 6.30. The molecule has 0 atom stereocenters. The Balaban J connectivity index is 1.85. The van der Waals surface area contributed by atoms with Crippen LogP contribution in [-0.4, -0.2) is 9.97 Å². The lowest BCUT2D eigenvalue weighted by molar-refractivity contribution is 1.01. The molecule has 0 spiro atoms. The van der Waals surface area contributed by atoms with Gasteiger partial charge in [0.1, 0.15) is 5.69 Å². The minimum Gasteiger partial charge on any atom is -0.379 e. The van der Waals surface area contributed by atoms with Crippen LogP contribution in [0.2, 0.25) is 5.02 Å². The van der Waals surface area contributed by atoms with Gasteiger partial charge >= 0.3 is 0 Å². The maximum absolute atomic E-state index is 11.9. The smallest absolute Gasteiger partial charge is 0.271 e. The summed E-state index contributed by atoms with van der Waals surface area (Å²) in [4.78, 5) is 19.1. The monoisotopic (exact) mass is 285 g/mol. The quantitative estimate of drug-likeness (QED) is 0.777. The minimum absolute atomic E-state index is 0.176.